The van der Waals surface area contributed by atoms with Gasteiger partial charge in [0, 0.05) is 18.1 Å². The molecule has 0 aliphatic carbocycles. The Kier molecular flexibility index (Phi) is 3.20. The molecule has 0 aliphatic rings. The second-order valence-corrected chi connectivity index (χ2v) is 5.75. The fourth-order valence-corrected chi connectivity index (χ4v) is 2.86. The van der Waals surface area contributed by atoms with Gasteiger partial charge in [-0.05, 0) is 55.0 Å². The minimum atomic E-state index is -0.388. The summed E-state index contributed by atoms with van der Waals surface area (Å²) in [6.45, 7) is 1.97. The zero-order valence-corrected chi connectivity index (χ0v) is 13.0. The third-order valence-electron chi connectivity index (χ3n) is 3.72. The molecule has 3 nitrogen and oxygen atoms in total. The predicted octanol–water partition coefficient (Wildman–Crippen LogP) is 5.39. The van der Waals surface area contributed by atoms with Crippen molar-refractivity contribution in [2.45, 2.75) is 6.92 Å². The van der Waals surface area contributed by atoms with Crippen molar-refractivity contribution >= 4 is 22.7 Å². The summed E-state index contributed by atoms with van der Waals surface area (Å²) in [6.07, 6.45) is 3.94. The van der Waals surface area contributed by atoms with Gasteiger partial charge in [0.25, 0.3) is 0 Å². The van der Waals surface area contributed by atoms with Crippen molar-refractivity contribution in [3.63, 3.8) is 0 Å². The first-order chi connectivity index (χ1) is 11.1. The van der Waals surface area contributed by atoms with Gasteiger partial charge >= 0.3 is 0 Å². The summed E-state index contributed by atoms with van der Waals surface area (Å²) in [5, 5.41) is 0.278. The Morgan fingerprint density at radius 1 is 1.13 bits per heavy atom. The topological polar surface area (TPSA) is 31.0 Å². The molecule has 4 aromatic rings. The van der Waals surface area contributed by atoms with E-state index in [1.54, 1.807) is 6.07 Å². The van der Waals surface area contributed by atoms with E-state index in [-0.39, 0.29) is 10.8 Å². The fourth-order valence-electron chi connectivity index (χ4n) is 2.62. The van der Waals surface area contributed by atoms with Crippen LogP contribution < -0.4 is 0 Å². The first-order valence-electron chi connectivity index (χ1n) is 7.12. The molecular weight excluding hydrogens is 315 g/mol. The Morgan fingerprint density at radius 3 is 2.65 bits per heavy atom. The van der Waals surface area contributed by atoms with Gasteiger partial charge in [0.05, 0.1) is 10.6 Å². The molecule has 0 saturated carbocycles. The molecule has 23 heavy (non-hydrogen) atoms. The Hall–Kier alpha value is -2.59. The third kappa shape index (κ3) is 2.41. The van der Waals surface area contributed by atoms with Gasteiger partial charge in [-0.3, -0.25) is 0 Å². The Balaban J connectivity index is 1.89. The van der Waals surface area contributed by atoms with Crippen molar-refractivity contribution < 1.29 is 8.81 Å². The largest absolute Gasteiger partial charge is 0.436 e. The summed E-state index contributed by atoms with van der Waals surface area (Å²) < 4.78 is 21.1. The molecule has 0 unspecified atom stereocenters. The van der Waals surface area contributed by atoms with E-state index in [1.807, 2.05) is 48.1 Å². The summed E-state index contributed by atoms with van der Waals surface area (Å²) in [4.78, 5) is 4.52. The Morgan fingerprint density at radius 2 is 1.91 bits per heavy atom. The monoisotopic (exact) mass is 326 g/mol. The van der Waals surface area contributed by atoms with Crippen molar-refractivity contribution in [3.8, 4) is 17.1 Å². The average Bonchev–Trinajstić information content (AvgIpc) is 3.16. The van der Waals surface area contributed by atoms with Gasteiger partial charge < -0.3 is 8.98 Å². The summed E-state index contributed by atoms with van der Waals surface area (Å²) >= 11 is 6.10. The minimum absolute atomic E-state index is 0.278. The predicted molar refractivity (Wildman–Crippen MR) is 88.5 cm³/mol. The molecule has 0 radical (unpaired) electrons. The number of nitrogens with zero attached hydrogens (tertiary/aromatic N) is 2. The highest BCUT2D eigenvalue weighted by Crippen LogP contribution is 2.32. The molecular formula is C18H12ClFN2O. The lowest BCUT2D eigenvalue weighted by Crippen LogP contribution is -1.90. The first kappa shape index (κ1) is 14.0. The van der Waals surface area contributed by atoms with Crippen LogP contribution >= 0.6 is 11.6 Å². The van der Waals surface area contributed by atoms with Crippen molar-refractivity contribution in [1.82, 2.24) is 9.55 Å². The summed E-state index contributed by atoms with van der Waals surface area (Å²) in [5.41, 5.74) is 4.00. The molecule has 2 aromatic heterocycles. The van der Waals surface area contributed by atoms with Gasteiger partial charge in [-0.25, -0.2) is 9.37 Å². The molecule has 0 bridgehead atoms. The van der Waals surface area contributed by atoms with E-state index in [4.69, 9.17) is 16.0 Å². The standard InChI is InChI=1S/C18H12ClFN2O/c1-11-8-13(22-6-2-3-7-22)10-16-17(11)23-18(21-16)14-5-4-12(20)9-15(14)19/h2-10H,1H3. The SMILES string of the molecule is Cc1cc(-n2cccc2)cc2nc(-c3ccc(F)cc3Cl)oc12. The van der Waals surface area contributed by atoms with Gasteiger partial charge in [-0.2, -0.15) is 0 Å². The van der Waals surface area contributed by atoms with Crippen LogP contribution in [0, 0.1) is 12.7 Å². The normalized spacial score (nSPS) is 11.3. The van der Waals surface area contributed by atoms with Crippen molar-refractivity contribution in [2.24, 2.45) is 0 Å². The van der Waals surface area contributed by atoms with E-state index in [0.717, 1.165) is 16.8 Å². The second kappa shape index (κ2) is 5.25. The lowest BCUT2D eigenvalue weighted by molar-refractivity contribution is 0.614. The molecule has 0 N–H and O–H groups in total. The number of benzene rings is 2. The van der Waals surface area contributed by atoms with Crippen LogP contribution in [0.3, 0.4) is 0 Å². The second-order valence-electron chi connectivity index (χ2n) is 5.34. The molecule has 0 amide bonds. The van der Waals surface area contributed by atoms with Crippen LogP contribution in [0.25, 0.3) is 28.2 Å². The number of halogens is 2. The number of oxazole rings is 1. The molecule has 2 heterocycles. The number of hydrogen-bond donors (Lipinski definition) is 0. The van der Waals surface area contributed by atoms with Gasteiger partial charge in [-0.1, -0.05) is 11.6 Å². The van der Waals surface area contributed by atoms with Gasteiger partial charge in [-0.15, -0.1) is 0 Å². The van der Waals surface area contributed by atoms with Crippen LogP contribution in [0.1, 0.15) is 5.56 Å². The lowest BCUT2D eigenvalue weighted by Gasteiger charge is -2.03. The van der Waals surface area contributed by atoms with Gasteiger partial charge in [0.15, 0.2) is 5.58 Å². The van der Waals surface area contributed by atoms with E-state index < -0.39 is 0 Å². The minimum Gasteiger partial charge on any atom is -0.436 e. The summed E-state index contributed by atoms with van der Waals surface area (Å²) in [5.74, 6) is -0.00121. The highest BCUT2D eigenvalue weighted by molar-refractivity contribution is 6.33. The molecule has 114 valence electrons. The smallest absolute Gasteiger partial charge is 0.228 e. The molecule has 5 heteroatoms. The molecule has 0 aliphatic heterocycles. The van der Waals surface area contributed by atoms with Crippen LogP contribution in [0.2, 0.25) is 5.02 Å². The van der Waals surface area contributed by atoms with Crippen LogP contribution in [0.15, 0.2) is 59.3 Å². The van der Waals surface area contributed by atoms with Crippen molar-refractivity contribution in [2.75, 3.05) is 0 Å². The Bertz CT molecular complexity index is 1010. The quantitative estimate of drug-likeness (QED) is 0.494. The van der Waals surface area contributed by atoms with Crippen LogP contribution in [0.4, 0.5) is 4.39 Å². The summed E-state index contributed by atoms with van der Waals surface area (Å²) in [7, 11) is 0. The molecule has 4 rings (SSSR count). The zero-order valence-electron chi connectivity index (χ0n) is 12.3. The van der Waals surface area contributed by atoms with E-state index in [9.17, 15) is 4.39 Å². The maximum atomic E-state index is 13.2. The molecule has 0 atom stereocenters. The fraction of sp³-hybridized carbons (Fsp3) is 0.0556. The Labute approximate surface area is 136 Å². The number of aryl methyl sites for hydroxylation is 1. The summed E-state index contributed by atoms with van der Waals surface area (Å²) in [6, 6.07) is 12.1. The van der Waals surface area contributed by atoms with E-state index in [2.05, 4.69) is 4.98 Å². The molecule has 0 fully saturated rings. The van der Waals surface area contributed by atoms with Crippen LogP contribution in [-0.4, -0.2) is 9.55 Å². The average molecular weight is 327 g/mol. The molecule has 0 saturated heterocycles. The van der Waals surface area contributed by atoms with E-state index in [0.29, 0.717) is 17.0 Å². The third-order valence-corrected chi connectivity index (χ3v) is 4.04. The van der Waals surface area contributed by atoms with Crippen LogP contribution in [0.5, 0.6) is 0 Å². The van der Waals surface area contributed by atoms with Crippen LogP contribution in [-0.2, 0) is 0 Å². The maximum absolute atomic E-state index is 13.2. The van der Waals surface area contributed by atoms with Crippen molar-refractivity contribution in [3.05, 3.63) is 71.3 Å². The number of fused-ring (bicyclic) bond motifs is 1. The lowest BCUT2D eigenvalue weighted by atomic mass is 10.2. The van der Waals surface area contributed by atoms with E-state index in [1.165, 1.54) is 12.1 Å². The zero-order chi connectivity index (χ0) is 16.0. The number of rotatable bonds is 2. The highest BCUT2D eigenvalue weighted by Gasteiger charge is 2.14. The van der Waals surface area contributed by atoms with Gasteiger partial charge in [0.1, 0.15) is 11.3 Å². The maximum Gasteiger partial charge on any atom is 0.228 e. The molecule has 2 aromatic carbocycles. The van der Waals surface area contributed by atoms with Crippen molar-refractivity contribution in [1.29, 1.82) is 0 Å². The van der Waals surface area contributed by atoms with E-state index >= 15 is 0 Å². The highest BCUT2D eigenvalue weighted by atomic mass is 35.5. The molecule has 0 spiro atoms. The number of hydrogen-bond acceptors (Lipinski definition) is 2. The number of aromatic nitrogens is 2. The first-order valence-corrected chi connectivity index (χ1v) is 7.49. The van der Waals surface area contributed by atoms with Gasteiger partial charge in [0.2, 0.25) is 5.89 Å².